The average molecular weight is 841 g/mol. The van der Waals surface area contributed by atoms with Crippen LogP contribution in [0.3, 0.4) is 0 Å². The Balaban J connectivity index is 0.923. The topological polar surface area (TPSA) is 167 Å². The molecule has 1 unspecified atom stereocenters. The van der Waals surface area contributed by atoms with Crippen LogP contribution in [0, 0.1) is 0 Å². The summed E-state index contributed by atoms with van der Waals surface area (Å²) in [5.41, 5.74) is -1.64. The van der Waals surface area contributed by atoms with Crippen LogP contribution in [0.2, 0.25) is 0 Å². The largest absolute Gasteiger partial charge is 0.419 e. The lowest BCUT2D eigenvalue weighted by Gasteiger charge is -2.45. The third kappa shape index (κ3) is 8.90. The second-order valence-corrected chi connectivity index (χ2v) is 16.8. The number of rotatable bonds is 10. The number of nitrogens with one attached hydrogen (secondary N) is 2. The molecule has 314 valence electrons. The minimum absolute atomic E-state index is 0.0310. The van der Waals surface area contributed by atoms with Gasteiger partial charge >= 0.3 is 18.4 Å². The first-order chi connectivity index (χ1) is 27.3. The van der Waals surface area contributed by atoms with Gasteiger partial charge in [0.25, 0.3) is 10.0 Å². The van der Waals surface area contributed by atoms with Crippen molar-refractivity contribution < 1.29 is 44.3 Å². The van der Waals surface area contributed by atoms with Gasteiger partial charge in [0.05, 0.1) is 24.6 Å². The van der Waals surface area contributed by atoms with Crippen LogP contribution in [0.4, 0.5) is 37.1 Å². The Bertz CT molecular complexity index is 2210. The monoisotopic (exact) mass is 840 g/mol. The molecule has 3 aliphatic heterocycles. The SMILES string of the molecule is Cn1c(S(=O)(=O)N2CCC(Nc3ncc(C(F)(F)F)c(-c4cnn(CC(F)(F)F)c4)n3)CC2)cnc1CN1CCN(C2(C)C=CC(N3CCC(=O)NC3=O)=CC2)CC1. The number of alkyl halides is 6. The number of piperidine rings is 1. The summed E-state index contributed by atoms with van der Waals surface area (Å²) >= 11 is 0. The molecule has 6 heterocycles. The zero-order valence-corrected chi connectivity index (χ0v) is 32.4. The summed E-state index contributed by atoms with van der Waals surface area (Å²) < 4.78 is 111. The van der Waals surface area contributed by atoms with E-state index in [4.69, 9.17) is 0 Å². The fourth-order valence-corrected chi connectivity index (χ4v) is 9.17. The first-order valence-corrected chi connectivity index (χ1v) is 20.0. The molecule has 3 aromatic heterocycles. The lowest BCUT2D eigenvalue weighted by molar-refractivity contribution is -0.142. The predicted molar refractivity (Wildman–Crippen MR) is 195 cm³/mol. The van der Waals surface area contributed by atoms with Crippen molar-refractivity contribution in [2.45, 2.75) is 74.7 Å². The van der Waals surface area contributed by atoms with Gasteiger partial charge in [0.15, 0.2) is 5.03 Å². The number of halogens is 6. The first kappa shape index (κ1) is 41.3. The normalized spacial score (nSPS) is 22.3. The lowest BCUT2D eigenvalue weighted by Crippen LogP contribution is -2.55. The standard InChI is InChI=1S/C35H42F6N12O4S/c1-33(8-3-25(4-9-33)53-12-7-28(54)46-32(53)55)50-15-13-49(14-16-50)21-27-42-19-29(48(27)2)58(56,57)52-10-5-24(6-11-52)45-31-43-18-26(35(39,40)41)30(47-31)23-17-44-51(20-23)22-34(36,37)38/h3-4,8,17-20,24H,5-7,9-16,21-22H2,1-2H3,(H,43,45,47)(H,46,54,55). The molecule has 7 rings (SSSR count). The number of anilines is 1. The van der Waals surface area contributed by atoms with Crippen molar-refractivity contribution in [2.75, 3.05) is 51.1 Å². The van der Waals surface area contributed by atoms with Crippen LogP contribution >= 0.6 is 0 Å². The van der Waals surface area contributed by atoms with E-state index in [0.29, 0.717) is 36.2 Å². The lowest BCUT2D eigenvalue weighted by atomic mass is 9.89. The number of nitrogens with zero attached hydrogens (tertiary/aromatic N) is 10. The van der Waals surface area contributed by atoms with Crippen molar-refractivity contribution in [3.8, 4) is 11.3 Å². The summed E-state index contributed by atoms with van der Waals surface area (Å²) in [7, 11) is -2.30. The molecule has 2 N–H and O–H groups in total. The maximum absolute atomic E-state index is 13.8. The molecule has 3 amide bonds. The number of sulfonamides is 1. The molecular weight excluding hydrogens is 799 g/mol. The number of imide groups is 1. The van der Waals surface area contributed by atoms with Gasteiger partial charge in [-0.15, -0.1) is 0 Å². The van der Waals surface area contributed by atoms with Gasteiger partial charge in [0.2, 0.25) is 11.9 Å². The molecule has 1 atom stereocenters. The Morgan fingerprint density at radius 1 is 0.966 bits per heavy atom. The Kier molecular flexibility index (Phi) is 11.2. The number of hydrogen-bond donors (Lipinski definition) is 2. The highest BCUT2D eigenvalue weighted by atomic mass is 32.2. The van der Waals surface area contributed by atoms with E-state index in [1.807, 2.05) is 12.2 Å². The van der Waals surface area contributed by atoms with Gasteiger partial charge in [-0.25, -0.2) is 28.2 Å². The molecule has 1 aliphatic carbocycles. The number of allylic oxidation sites excluding steroid dienone is 1. The highest BCUT2D eigenvalue weighted by molar-refractivity contribution is 7.89. The maximum Gasteiger partial charge on any atom is 0.419 e. The number of carbonyl (C=O) groups excluding carboxylic acids is 2. The molecule has 0 spiro atoms. The van der Waals surface area contributed by atoms with Crippen molar-refractivity contribution in [2.24, 2.45) is 7.05 Å². The molecule has 3 saturated heterocycles. The number of piperazine rings is 1. The summed E-state index contributed by atoms with van der Waals surface area (Å²) in [5, 5.41) is 8.87. The van der Waals surface area contributed by atoms with E-state index in [1.54, 1.807) is 16.5 Å². The van der Waals surface area contributed by atoms with Crippen LogP contribution in [0.5, 0.6) is 0 Å². The Morgan fingerprint density at radius 3 is 2.33 bits per heavy atom. The van der Waals surface area contributed by atoms with Crippen molar-refractivity contribution >= 4 is 27.9 Å². The Morgan fingerprint density at radius 2 is 1.69 bits per heavy atom. The number of amides is 3. The van der Waals surface area contributed by atoms with E-state index in [9.17, 15) is 44.3 Å². The van der Waals surface area contributed by atoms with Crippen molar-refractivity contribution in [1.29, 1.82) is 0 Å². The number of imidazole rings is 1. The van der Waals surface area contributed by atoms with Gasteiger partial charge in [-0.3, -0.25) is 29.5 Å². The van der Waals surface area contributed by atoms with Crippen molar-refractivity contribution in [3.05, 3.63) is 60.1 Å². The molecule has 0 bridgehead atoms. The highest BCUT2D eigenvalue weighted by Gasteiger charge is 2.38. The minimum atomic E-state index is -4.89. The molecule has 3 fully saturated rings. The molecule has 0 saturated carbocycles. The molecular formula is C35H42F6N12O4S. The number of aromatic nitrogens is 6. The van der Waals surface area contributed by atoms with Crippen molar-refractivity contribution in [3.63, 3.8) is 0 Å². The highest BCUT2D eigenvalue weighted by Crippen LogP contribution is 2.37. The van der Waals surface area contributed by atoms with Gasteiger partial charge in [-0.2, -0.15) is 35.7 Å². The fourth-order valence-electron chi connectivity index (χ4n) is 7.58. The van der Waals surface area contributed by atoms with Crippen LogP contribution in [-0.4, -0.2) is 132 Å². The van der Waals surface area contributed by atoms with Crippen LogP contribution in [0.15, 0.2) is 53.7 Å². The second-order valence-electron chi connectivity index (χ2n) is 14.9. The summed E-state index contributed by atoms with van der Waals surface area (Å²) in [6, 6.07) is -0.822. The minimum Gasteiger partial charge on any atom is -0.351 e. The molecule has 0 radical (unpaired) electrons. The predicted octanol–water partition coefficient (Wildman–Crippen LogP) is 3.58. The molecule has 3 aromatic rings. The van der Waals surface area contributed by atoms with E-state index in [-0.39, 0.29) is 60.3 Å². The summed E-state index contributed by atoms with van der Waals surface area (Å²) in [6.07, 6.45) is 1.62. The van der Waals surface area contributed by atoms with E-state index in [2.05, 4.69) is 53.5 Å². The second kappa shape index (κ2) is 15.7. The average Bonchev–Trinajstić information content (AvgIpc) is 3.77. The fraction of sp³-hybridized carbons (Fsp3) is 0.543. The van der Waals surface area contributed by atoms with E-state index in [0.717, 1.165) is 44.3 Å². The summed E-state index contributed by atoms with van der Waals surface area (Å²) in [6.45, 7) is 4.57. The molecule has 4 aliphatic rings. The zero-order chi connectivity index (χ0) is 41.6. The van der Waals surface area contributed by atoms with E-state index in [1.165, 1.54) is 10.5 Å². The van der Waals surface area contributed by atoms with E-state index >= 15 is 0 Å². The van der Waals surface area contributed by atoms with Crippen molar-refractivity contribution in [1.82, 2.24) is 53.6 Å². The zero-order valence-electron chi connectivity index (χ0n) is 31.6. The quantitative estimate of drug-likeness (QED) is 0.287. The Labute approximate surface area is 329 Å². The number of hydrogen-bond acceptors (Lipinski definition) is 11. The third-order valence-corrected chi connectivity index (χ3v) is 12.9. The maximum atomic E-state index is 13.8. The van der Waals surface area contributed by atoms with Crippen LogP contribution in [-0.2, 0) is 41.1 Å². The molecule has 16 nitrogen and oxygen atoms in total. The molecule has 58 heavy (non-hydrogen) atoms. The smallest absolute Gasteiger partial charge is 0.351 e. The van der Waals surface area contributed by atoms with Gasteiger partial charge in [0, 0.05) is 94.5 Å². The Hall–Kier alpha value is -4.87. The van der Waals surface area contributed by atoms with Crippen LogP contribution in [0.25, 0.3) is 11.3 Å². The number of urea groups is 1. The van der Waals surface area contributed by atoms with Gasteiger partial charge in [-0.1, -0.05) is 12.2 Å². The molecule has 0 aromatic carbocycles. The van der Waals surface area contributed by atoms with Gasteiger partial charge in [-0.05, 0) is 32.3 Å². The summed E-state index contributed by atoms with van der Waals surface area (Å²) in [4.78, 5) is 42.2. The summed E-state index contributed by atoms with van der Waals surface area (Å²) in [5.74, 6) is 0.110. The van der Waals surface area contributed by atoms with Gasteiger partial charge < -0.3 is 9.88 Å². The first-order valence-electron chi connectivity index (χ1n) is 18.6. The number of carbonyl (C=O) groups is 2. The van der Waals surface area contributed by atoms with Crippen LogP contribution < -0.4 is 10.6 Å². The van der Waals surface area contributed by atoms with Gasteiger partial charge in [0.1, 0.15) is 17.9 Å². The molecule has 23 heteroatoms. The van der Waals surface area contributed by atoms with Crippen LogP contribution in [0.1, 0.15) is 44.0 Å². The third-order valence-electron chi connectivity index (χ3n) is 10.9. The van der Waals surface area contributed by atoms with E-state index < -0.39 is 52.3 Å².